The van der Waals surface area contributed by atoms with Gasteiger partial charge < -0.3 is 14.5 Å². The number of ether oxygens (including phenoxy) is 1. The standard InChI is InChI=1S/C53H53N5O/c1-51(2,3)36-24-26-54-48(31-36)58-46-21-14-13-20-44(46)45-23-22-42(33-47(45)58)59-41-19-15-18-39(32-41)57-34-56(40-29-37(52(4,5)6)28-38(30-40)53(7,8)9)49-43(25-27-55-50(49)57)35-16-11-10-12-17-35/h10-33H,34H2,1-9H3. The molecular formula is C53H53N5O. The van der Waals surface area contributed by atoms with E-state index in [1.807, 2.05) is 18.5 Å². The summed E-state index contributed by atoms with van der Waals surface area (Å²) in [6.07, 6.45) is 3.85. The second kappa shape index (κ2) is 14.2. The molecule has 0 spiro atoms. The van der Waals surface area contributed by atoms with Gasteiger partial charge in [0.15, 0.2) is 5.82 Å². The van der Waals surface area contributed by atoms with Gasteiger partial charge in [-0.15, -0.1) is 0 Å². The van der Waals surface area contributed by atoms with Crippen LogP contribution < -0.4 is 14.5 Å². The van der Waals surface area contributed by atoms with Gasteiger partial charge in [0.05, 0.1) is 16.7 Å². The van der Waals surface area contributed by atoms with E-state index in [1.165, 1.54) is 22.1 Å². The van der Waals surface area contributed by atoms with Gasteiger partial charge in [-0.05, 0) is 99.2 Å². The topological polar surface area (TPSA) is 46.4 Å². The molecule has 6 nitrogen and oxygen atoms in total. The van der Waals surface area contributed by atoms with Crippen LogP contribution >= 0.6 is 0 Å². The largest absolute Gasteiger partial charge is 0.457 e. The molecule has 0 bridgehead atoms. The Hall–Kier alpha value is -6.40. The third-order valence-corrected chi connectivity index (χ3v) is 11.6. The van der Waals surface area contributed by atoms with Crippen molar-refractivity contribution in [2.75, 3.05) is 16.5 Å². The molecule has 5 aromatic carbocycles. The molecule has 0 amide bonds. The zero-order chi connectivity index (χ0) is 41.3. The van der Waals surface area contributed by atoms with Gasteiger partial charge in [0, 0.05) is 52.2 Å². The third kappa shape index (κ3) is 7.11. The van der Waals surface area contributed by atoms with Crippen LogP contribution in [0.3, 0.4) is 0 Å². The van der Waals surface area contributed by atoms with Crippen molar-refractivity contribution in [2.24, 2.45) is 0 Å². The van der Waals surface area contributed by atoms with Gasteiger partial charge in [0.1, 0.15) is 24.0 Å². The minimum absolute atomic E-state index is 0.00686. The number of pyridine rings is 2. The molecule has 296 valence electrons. The Balaban J connectivity index is 1.13. The fourth-order valence-electron chi connectivity index (χ4n) is 8.20. The van der Waals surface area contributed by atoms with Crippen molar-refractivity contribution in [3.63, 3.8) is 0 Å². The number of anilines is 4. The summed E-state index contributed by atoms with van der Waals surface area (Å²) in [7, 11) is 0. The maximum absolute atomic E-state index is 6.76. The predicted octanol–water partition coefficient (Wildman–Crippen LogP) is 14.2. The lowest BCUT2D eigenvalue weighted by Crippen LogP contribution is -2.25. The summed E-state index contributed by atoms with van der Waals surface area (Å²) in [4.78, 5) is 14.7. The van der Waals surface area contributed by atoms with E-state index in [0.29, 0.717) is 6.67 Å². The van der Waals surface area contributed by atoms with Crippen LogP contribution in [-0.4, -0.2) is 21.2 Å². The van der Waals surface area contributed by atoms with Gasteiger partial charge in [-0.3, -0.25) is 4.57 Å². The Morgan fingerprint density at radius 3 is 1.88 bits per heavy atom. The highest BCUT2D eigenvalue weighted by Crippen LogP contribution is 2.50. The highest BCUT2D eigenvalue weighted by Gasteiger charge is 2.34. The Labute approximate surface area is 348 Å². The van der Waals surface area contributed by atoms with Crippen LogP contribution in [0.1, 0.15) is 79.0 Å². The van der Waals surface area contributed by atoms with Crippen LogP contribution in [0.4, 0.5) is 22.9 Å². The zero-order valence-corrected chi connectivity index (χ0v) is 35.7. The molecule has 1 aliphatic heterocycles. The maximum atomic E-state index is 6.76. The first-order chi connectivity index (χ1) is 28.1. The average molecular weight is 776 g/mol. The average Bonchev–Trinajstić information content (AvgIpc) is 3.77. The van der Waals surface area contributed by atoms with Crippen LogP contribution in [0.5, 0.6) is 11.5 Å². The molecule has 0 atom stereocenters. The molecule has 0 saturated carbocycles. The van der Waals surface area contributed by atoms with Gasteiger partial charge in [-0.2, -0.15) is 0 Å². The predicted molar refractivity (Wildman–Crippen MR) is 246 cm³/mol. The molecule has 6 heteroatoms. The van der Waals surface area contributed by atoms with E-state index in [2.05, 4.69) is 204 Å². The monoisotopic (exact) mass is 775 g/mol. The maximum Gasteiger partial charge on any atom is 0.159 e. The van der Waals surface area contributed by atoms with Gasteiger partial charge in [-0.25, -0.2) is 9.97 Å². The van der Waals surface area contributed by atoms with E-state index in [1.54, 1.807) is 0 Å². The number of para-hydroxylation sites is 1. The molecule has 8 aromatic rings. The summed E-state index contributed by atoms with van der Waals surface area (Å²) < 4.78 is 9.01. The number of rotatable bonds is 6. The van der Waals surface area contributed by atoms with E-state index >= 15 is 0 Å². The molecule has 3 aromatic heterocycles. The summed E-state index contributed by atoms with van der Waals surface area (Å²) in [6.45, 7) is 21.1. The zero-order valence-electron chi connectivity index (χ0n) is 35.7. The first-order valence-corrected chi connectivity index (χ1v) is 20.7. The van der Waals surface area contributed by atoms with E-state index in [0.717, 1.165) is 67.7 Å². The van der Waals surface area contributed by atoms with Crippen LogP contribution in [-0.2, 0) is 16.2 Å². The van der Waals surface area contributed by atoms with Crippen LogP contribution in [0.2, 0.25) is 0 Å². The van der Waals surface area contributed by atoms with Crippen molar-refractivity contribution in [3.05, 3.63) is 163 Å². The summed E-state index contributed by atoms with van der Waals surface area (Å²) in [5.74, 6) is 3.32. The number of hydrogen-bond acceptors (Lipinski definition) is 5. The molecule has 1 aliphatic rings. The summed E-state index contributed by atoms with van der Waals surface area (Å²) in [5.41, 5.74) is 11.5. The number of benzene rings is 5. The van der Waals surface area contributed by atoms with E-state index in [4.69, 9.17) is 14.7 Å². The molecule has 59 heavy (non-hydrogen) atoms. The number of nitrogens with zero attached hydrogens (tertiary/aromatic N) is 5. The van der Waals surface area contributed by atoms with Crippen molar-refractivity contribution >= 4 is 44.7 Å². The van der Waals surface area contributed by atoms with Crippen LogP contribution in [0, 0.1) is 0 Å². The van der Waals surface area contributed by atoms with E-state index < -0.39 is 0 Å². The highest BCUT2D eigenvalue weighted by atomic mass is 16.5. The number of aromatic nitrogens is 3. The molecule has 4 heterocycles. The van der Waals surface area contributed by atoms with Crippen molar-refractivity contribution in [1.29, 1.82) is 0 Å². The molecule has 0 unspecified atom stereocenters. The smallest absolute Gasteiger partial charge is 0.159 e. The third-order valence-electron chi connectivity index (χ3n) is 11.6. The summed E-state index contributed by atoms with van der Waals surface area (Å²) in [6, 6.07) is 47.6. The quantitative estimate of drug-likeness (QED) is 0.168. The fourth-order valence-corrected chi connectivity index (χ4v) is 8.20. The van der Waals surface area contributed by atoms with Gasteiger partial charge in [-0.1, -0.05) is 123 Å². The molecule has 0 saturated heterocycles. The van der Waals surface area contributed by atoms with Crippen molar-refractivity contribution in [1.82, 2.24) is 14.5 Å². The van der Waals surface area contributed by atoms with Gasteiger partial charge in [0.2, 0.25) is 0 Å². The second-order valence-electron chi connectivity index (χ2n) is 18.9. The molecule has 0 N–H and O–H groups in total. The Kier molecular flexibility index (Phi) is 9.15. The lowest BCUT2D eigenvalue weighted by atomic mass is 9.80. The Morgan fingerprint density at radius 2 is 1.15 bits per heavy atom. The SMILES string of the molecule is CC(C)(C)c1cc(N2CN(c3cccc(Oc4ccc5c6ccccc6n(-c6cc(C(C)(C)C)ccn6)c5c4)c3)c3nccc(-c4ccccc4)c32)cc(C(C)(C)C)c1. The van der Waals surface area contributed by atoms with Crippen LogP contribution in [0.15, 0.2) is 146 Å². The lowest BCUT2D eigenvalue weighted by Gasteiger charge is -2.29. The first-order valence-electron chi connectivity index (χ1n) is 20.7. The number of hydrogen-bond donors (Lipinski definition) is 0. The van der Waals surface area contributed by atoms with Crippen molar-refractivity contribution in [3.8, 4) is 28.4 Å². The Bertz CT molecular complexity index is 2820. The summed E-state index contributed by atoms with van der Waals surface area (Å²) >= 11 is 0. The van der Waals surface area contributed by atoms with Crippen molar-refractivity contribution in [2.45, 2.75) is 78.6 Å². The second-order valence-corrected chi connectivity index (χ2v) is 18.9. The molecule has 0 fully saturated rings. The minimum Gasteiger partial charge on any atom is -0.457 e. The highest BCUT2D eigenvalue weighted by molar-refractivity contribution is 6.09. The van der Waals surface area contributed by atoms with Crippen LogP contribution in [0.25, 0.3) is 38.8 Å². The van der Waals surface area contributed by atoms with E-state index in [-0.39, 0.29) is 16.2 Å². The van der Waals surface area contributed by atoms with E-state index in [9.17, 15) is 0 Å². The van der Waals surface area contributed by atoms with Gasteiger partial charge >= 0.3 is 0 Å². The molecule has 0 aliphatic carbocycles. The van der Waals surface area contributed by atoms with Crippen molar-refractivity contribution < 1.29 is 4.74 Å². The Morgan fingerprint density at radius 1 is 0.492 bits per heavy atom. The normalized spacial score (nSPS) is 13.4. The summed E-state index contributed by atoms with van der Waals surface area (Å²) in [5, 5.41) is 2.34. The fraction of sp³-hybridized carbons (Fsp3) is 0.245. The van der Waals surface area contributed by atoms with Gasteiger partial charge in [0.25, 0.3) is 0 Å². The number of fused-ring (bicyclic) bond motifs is 4. The minimum atomic E-state index is -0.0223. The lowest BCUT2D eigenvalue weighted by molar-refractivity contribution is 0.483. The molecule has 0 radical (unpaired) electrons. The molecular weight excluding hydrogens is 723 g/mol. The first kappa shape index (κ1) is 38.1. The molecule has 9 rings (SSSR count).